The molecule has 0 radical (unpaired) electrons. The van der Waals surface area contributed by atoms with Crippen molar-refractivity contribution in [3.05, 3.63) is 34.0 Å². The van der Waals surface area contributed by atoms with Gasteiger partial charge in [-0.2, -0.15) is 5.10 Å². The lowest BCUT2D eigenvalue weighted by Crippen LogP contribution is -2.07. The molecule has 5 heteroatoms. The molecule has 0 aliphatic carbocycles. The van der Waals surface area contributed by atoms with Gasteiger partial charge in [-0.05, 0) is 6.07 Å². The third kappa shape index (κ3) is 1.06. The van der Waals surface area contributed by atoms with Crippen LogP contribution in [0.4, 0.5) is 0 Å². The average Bonchev–Trinajstić information content (AvgIpc) is 2.04. The fraction of sp³-hybridized carbons (Fsp3) is 0. The third-order valence-corrected chi connectivity index (χ3v) is 1.72. The van der Waals surface area contributed by atoms with Crippen LogP contribution >= 0.6 is 11.6 Å². The second-order valence-electron chi connectivity index (χ2n) is 2.29. The van der Waals surface area contributed by atoms with E-state index in [0.29, 0.717) is 15.9 Å². The molecular weight excluding hydrogens is 178 g/mol. The first kappa shape index (κ1) is 7.24. The van der Waals surface area contributed by atoms with Crippen molar-refractivity contribution in [3.8, 4) is 0 Å². The molecular formula is C7H4ClN3O. The Morgan fingerprint density at radius 3 is 3.08 bits per heavy atom. The number of hydrogen-bond donors (Lipinski definition) is 1. The summed E-state index contributed by atoms with van der Waals surface area (Å²) < 4.78 is 0. The zero-order chi connectivity index (χ0) is 8.55. The van der Waals surface area contributed by atoms with E-state index in [4.69, 9.17) is 11.6 Å². The fourth-order valence-corrected chi connectivity index (χ4v) is 1.13. The van der Waals surface area contributed by atoms with Crippen molar-refractivity contribution in [1.29, 1.82) is 0 Å². The van der Waals surface area contributed by atoms with Crippen LogP contribution in [0.2, 0.25) is 5.15 Å². The molecule has 0 unspecified atom stereocenters. The van der Waals surface area contributed by atoms with Crippen LogP contribution in [-0.2, 0) is 0 Å². The van der Waals surface area contributed by atoms with Gasteiger partial charge in [0.1, 0.15) is 5.15 Å². The summed E-state index contributed by atoms with van der Waals surface area (Å²) in [5, 5.41) is 7.48. The maximum absolute atomic E-state index is 11.1. The molecule has 60 valence electrons. The third-order valence-electron chi connectivity index (χ3n) is 1.52. The van der Waals surface area contributed by atoms with Gasteiger partial charge in [-0.15, -0.1) is 0 Å². The highest BCUT2D eigenvalue weighted by Gasteiger charge is 1.98. The molecule has 0 saturated carbocycles. The van der Waals surface area contributed by atoms with Crippen molar-refractivity contribution < 1.29 is 0 Å². The molecule has 0 aliphatic heterocycles. The van der Waals surface area contributed by atoms with Crippen LogP contribution < -0.4 is 5.56 Å². The predicted molar refractivity (Wildman–Crippen MR) is 45.2 cm³/mol. The summed E-state index contributed by atoms with van der Waals surface area (Å²) in [4.78, 5) is 14.9. The Morgan fingerprint density at radius 2 is 2.25 bits per heavy atom. The first-order valence-corrected chi connectivity index (χ1v) is 3.64. The molecule has 0 spiro atoms. The minimum atomic E-state index is -0.253. The van der Waals surface area contributed by atoms with Crippen molar-refractivity contribution in [2.75, 3.05) is 0 Å². The number of hydrogen-bond acceptors (Lipinski definition) is 3. The standard InChI is InChI=1S/C7H4ClN3O/c8-6-1-4-2-10-11-7(12)5(4)3-9-6/h1-3H,(H,11,12). The minimum absolute atomic E-state index is 0.253. The van der Waals surface area contributed by atoms with Crippen molar-refractivity contribution in [2.45, 2.75) is 0 Å². The zero-order valence-corrected chi connectivity index (χ0v) is 6.67. The van der Waals surface area contributed by atoms with E-state index in [2.05, 4.69) is 15.2 Å². The van der Waals surface area contributed by atoms with Crippen LogP contribution in [0.5, 0.6) is 0 Å². The van der Waals surface area contributed by atoms with E-state index in [-0.39, 0.29) is 5.56 Å². The van der Waals surface area contributed by atoms with Gasteiger partial charge in [-0.25, -0.2) is 10.1 Å². The zero-order valence-electron chi connectivity index (χ0n) is 5.91. The molecule has 2 aromatic rings. The molecule has 2 aromatic heterocycles. The average molecular weight is 182 g/mol. The lowest BCUT2D eigenvalue weighted by Gasteiger charge is -1.93. The summed E-state index contributed by atoms with van der Waals surface area (Å²) in [6.45, 7) is 0. The number of nitrogens with one attached hydrogen (secondary N) is 1. The lowest BCUT2D eigenvalue weighted by molar-refractivity contribution is 1.01. The molecule has 0 aromatic carbocycles. The quantitative estimate of drug-likeness (QED) is 0.617. The Labute approximate surface area is 72.2 Å². The molecule has 0 aliphatic rings. The van der Waals surface area contributed by atoms with Gasteiger partial charge < -0.3 is 0 Å². The summed E-state index contributed by atoms with van der Waals surface area (Å²) in [6.07, 6.45) is 2.96. The first-order chi connectivity index (χ1) is 5.77. The lowest BCUT2D eigenvalue weighted by atomic mass is 10.3. The maximum atomic E-state index is 11.1. The molecule has 12 heavy (non-hydrogen) atoms. The van der Waals surface area contributed by atoms with E-state index in [0.717, 1.165) is 0 Å². The smallest absolute Gasteiger partial charge is 0.267 e. The number of halogens is 1. The molecule has 2 heterocycles. The van der Waals surface area contributed by atoms with Crippen LogP contribution in [0.3, 0.4) is 0 Å². The summed E-state index contributed by atoms with van der Waals surface area (Å²) >= 11 is 5.62. The Morgan fingerprint density at radius 1 is 1.42 bits per heavy atom. The van der Waals surface area contributed by atoms with Crippen molar-refractivity contribution in [3.63, 3.8) is 0 Å². The number of aromatic amines is 1. The van der Waals surface area contributed by atoms with Gasteiger partial charge in [0.05, 0.1) is 11.6 Å². The molecule has 0 fully saturated rings. The van der Waals surface area contributed by atoms with E-state index in [1.54, 1.807) is 6.07 Å². The molecule has 1 N–H and O–H groups in total. The van der Waals surface area contributed by atoms with E-state index in [1.807, 2.05) is 0 Å². The van der Waals surface area contributed by atoms with Crippen LogP contribution in [0.25, 0.3) is 10.8 Å². The molecule has 2 rings (SSSR count). The number of fused-ring (bicyclic) bond motifs is 1. The Kier molecular flexibility index (Phi) is 1.55. The molecule has 4 nitrogen and oxygen atoms in total. The summed E-state index contributed by atoms with van der Waals surface area (Å²) in [6, 6.07) is 1.60. The molecule has 0 atom stereocenters. The Hall–Kier alpha value is -1.42. The predicted octanol–water partition coefficient (Wildman–Crippen LogP) is 0.971. The van der Waals surface area contributed by atoms with Crippen LogP contribution in [0, 0.1) is 0 Å². The minimum Gasteiger partial charge on any atom is -0.267 e. The second-order valence-corrected chi connectivity index (χ2v) is 2.68. The second kappa shape index (κ2) is 2.57. The number of rotatable bonds is 0. The highest BCUT2D eigenvalue weighted by atomic mass is 35.5. The summed E-state index contributed by atoms with van der Waals surface area (Å²) in [5.74, 6) is 0. The number of H-pyrrole nitrogens is 1. The van der Waals surface area contributed by atoms with Gasteiger partial charge >= 0.3 is 0 Å². The van der Waals surface area contributed by atoms with E-state index < -0.39 is 0 Å². The van der Waals surface area contributed by atoms with Gasteiger partial charge in [0.25, 0.3) is 5.56 Å². The molecule has 0 saturated heterocycles. The topological polar surface area (TPSA) is 58.6 Å². The van der Waals surface area contributed by atoms with Crippen molar-refractivity contribution in [2.24, 2.45) is 0 Å². The first-order valence-electron chi connectivity index (χ1n) is 3.26. The Bertz CT molecular complexity index is 479. The molecule has 0 bridgehead atoms. The van der Waals surface area contributed by atoms with Crippen molar-refractivity contribution >= 4 is 22.4 Å². The van der Waals surface area contributed by atoms with Crippen molar-refractivity contribution in [1.82, 2.24) is 15.2 Å². The van der Waals surface area contributed by atoms with Gasteiger partial charge in [-0.3, -0.25) is 4.79 Å². The van der Waals surface area contributed by atoms with Crippen LogP contribution in [0.1, 0.15) is 0 Å². The van der Waals surface area contributed by atoms with Gasteiger partial charge in [0.2, 0.25) is 0 Å². The highest BCUT2D eigenvalue weighted by molar-refractivity contribution is 6.30. The van der Waals surface area contributed by atoms with Crippen LogP contribution in [0.15, 0.2) is 23.3 Å². The Balaban J connectivity index is 2.96. The fourth-order valence-electron chi connectivity index (χ4n) is 0.961. The summed E-state index contributed by atoms with van der Waals surface area (Å²) in [5.41, 5.74) is -0.253. The highest BCUT2D eigenvalue weighted by Crippen LogP contribution is 2.10. The number of pyridine rings is 1. The van der Waals surface area contributed by atoms with Gasteiger partial charge in [0, 0.05) is 11.6 Å². The largest absolute Gasteiger partial charge is 0.273 e. The SMILES string of the molecule is O=c1[nH]ncc2cc(Cl)ncc12. The van der Waals surface area contributed by atoms with Crippen LogP contribution in [-0.4, -0.2) is 15.2 Å². The van der Waals surface area contributed by atoms with Gasteiger partial charge in [0.15, 0.2) is 0 Å². The maximum Gasteiger partial charge on any atom is 0.273 e. The van der Waals surface area contributed by atoms with E-state index in [9.17, 15) is 4.79 Å². The number of aromatic nitrogens is 3. The normalized spacial score (nSPS) is 10.4. The molecule has 0 amide bonds. The number of nitrogens with zero attached hydrogens (tertiary/aromatic N) is 2. The monoisotopic (exact) mass is 181 g/mol. The van der Waals surface area contributed by atoms with Gasteiger partial charge in [-0.1, -0.05) is 11.6 Å². The summed E-state index contributed by atoms with van der Waals surface area (Å²) in [7, 11) is 0. The van der Waals surface area contributed by atoms with E-state index >= 15 is 0 Å². The van der Waals surface area contributed by atoms with E-state index in [1.165, 1.54) is 12.4 Å².